The second-order valence-electron chi connectivity index (χ2n) is 5.18. The Morgan fingerprint density at radius 1 is 1.30 bits per heavy atom. The Morgan fingerprint density at radius 3 is 2.75 bits per heavy atom. The molecule has 1 aromatic carbocycles. The van der Waals surface area contributed by atoms with Crippen LogP contribution in [-0.2, 0) is 16.0 Å². The summed E-state index contributed by atoms with van der Waals surface area (Å²) in [6.45, 7) is 1.38. The minimum absolute atomic E-state index is 0.0540. The van der Waals surface area contributed by atoms with Gasteiger partial charge in [0.05, 0.1) is 13.0 Å². The van der Waals surface area contributed by atoms with Crippen molar-refractivity contribution >= 4 is 11.8 Å². The van der Waals surface area contributed by atoms with E-state index in [1.54, 1.807) is 4.90 Å². The number of nitrogens with zero attached hydrogens (tertiary/aromatic N) is 1. The van der Waals surface area contributed by atoms with Crippen LogP contribution in [0.25, 0.3) is 0 Å². The molecule has 1 aliphatic heterocycles. The Kier molecular flexibility index (Phi) is 5.12. The lowest BCUT2D eigenvalue weighted by Crippen LogP contribution is -2.49. The molecule has 108 valence electrons. The van der Waals surface area contributed by atoms with Gasteiger partial charge in [0.1, 0.15) is 0 Å². The Morgan fingerprint density at radius 2 is 2.05 bits per heavy atom. The molecule has 3 N–H and O–H groups in total. The van der Waals surface area contributed by atoms with Gasteiger partial charge in [-0.3, -0.25) is 9.59 Å². The second-order valence-corrected chi connectivity index (χ2v) is 5.18. The highest BCUT2D eigenvalue weighted by Gasteiger charge is 2.21. The summed E-state index contributed by atoms with van der Waals surface area (Å²) in [6, 6.07) is 9.54. The standard InChI is InChI=1S/C15H21N3O2/c16-13-7-4-8-18(11-13)15(20)10-17-14(19)9-12-5-2-1-3-6-12/h1-3,5-6,13H,4,7-11,16H2,(H,17,19). The van der Waals surface area contributed by atoms with Gasteiger partial charge in [0, 0.05) is 19.1 Å². The van der Waals surface area contributed by atoms with Crippen molar-refractivity contribution in [2.75, 3.05) is 19.6 Å². The fraction of sp³-hybridized carbons (Fsp3) is 0.467. The van der Waals surface area contributed by atoms with E-state index in [-0.39, 0.29) is 24.4 Å². The number of carbonyl (C=O) groups excluding carboxylic acids is 2. The lowest BCUT2D eigenvalue weighted by molar-refractivity contribution is -0.133. The normalized spacial score (nSPS) is 18.6. The summed E-state index contributed by atoms with van der Waals surface area (Å²) in [5, 5.41) is 2.67. The van der Waals surface area contributed by atoms with Crippen LogP contribution in [0.5, 0.6) is 0 Å². The number of hydrogen-bond donors (Lipinski definition) is 2. The largest absolute Gasteiger partial charge is 0.347 e. The highest BCUT2D eigenvalue weighted by molar-refractivity contribution is 5.85. The van der Waals surface area contributed by atoms with Gasteiger partial charge in [-0.05, 0) is 18.4 Å². The van der Waals surface area contributed by atoms with Crippen LogP contribution in [0.1, 0.15) is 18.4 Å². The van der Waals surface area contributed by atoms with Gasteiger partial charge in [0.2, 0.25) is 11.8 Å². The van der Waals surface area contributed by atoms with Crippen molar-refractivity contribution < 1.29 is 9.59 Å². The summed E-state index contributed by atoms with van der Waals surface area (Å²) in [7, 11) is 0. The zero-order valence-corrected chi connectivity index (χ0v) is 11.5. The molecule has 0 aliphatic carbocycles. The molecular weight excluding hydrogens is 254 g/mol. The van der Waals surface area contributed by atoms with Gasteiger partial charge >= 0.3 is 0 Å². The first-order chi connectivity index (χ1) is 9.65. The average molecular weight is 275 g/mol. The van der Waals surface area contributed by atoms with E-state index in [1.165, 1.54) is 0 Å². The maximum absolute atomic E-state index is 12.0. The van der Waals surface area contributed by atoms with Crippen molar-refractivity contribution in [2.24, 2.45) is 5.73 Å². The van der Waals surface area contributed by atoms with Crippen LogP contribution in [0.3, 0.4) is 0 Å². The Hall–Kier alpha value is -1.88. The molecule has 1 aliphatic rings. The van der Waals surface area contributed by atoms with Crippen LogP contribution in [0.15, 0.2) is 30.3 Å². The molecule has 1 fully saturated rings. The maximum atomic E-state index is 12.0. The summed E-state index contributed by atoms with van der Waals surface area (Å²) >= 11 is 0. The molecule has 0 saturated carbocycles. The van der Waals surface area contributed by atoms with Crippen molar-refractivity contribution in [1.29, 1.82) is 0 Å². The smallest absolute Gasteiger partial charge is 0.242 e. The molecule has 0 bridgehead atoms. The van der Waals surface area contributed by atoms with Crippen molar-refractivity contribution in [3.05, 3.63) is 35.9 Å². The Labute approximate surface area is 119 Å². The van der Waals surface area contributed by atoms with Crippen LogP contribution >= 0.6 is 0 Å². The monoisotopic (exact) mass is 275 g/mol. The van der Waals surface area contributed by atoms with Gasteiger partial charge in [-0.15, -0.1) is 0 Å². The molecule has 2 rings (SSSR count). The minimum atomic E-state index is -0.133. The second kappa shape index (κ2) is 7.05. The summed E-state index contributed by atoms with van der Waals surface area (Å²) in [4.78, 5) is 25.4. The van der Waals surface area contributed by atoms with Gasteiger partial charge in [-0.25, -0.2) is 0 Å². The summed E-state index contributed by atoms with van der Waals surface area (Å²) in [5.74, 6) is -0.188. The van der Waals surface area contributed by atoms with Crippen molar-refractivity contribution in [3.63, 3.8) is 0 Å². The lowest BCUT2D eigenvalue weighted by atomic mass is 10.1. The molecule has 1 saturated heterocycles. The lowest BCUT2D eigenvalue weighted by Gasteiger charge is -2.30. The first kappa shape index (κ1) is 14.5. The molecule has 5 nitrogen and oxygen atoms in total. The van der Waals surface area contributed by atoms with Crippen LogP contribution < -0.4 is 11.1 Å². The van der Waals surface area contributed by atoms with Gasteiger partial charge in [-0.2, -0.15) is 0 Å². The molecule has 1 atom stereocenters. The van der Waals surface area contributed by atoms with Crippen LogP contribution in [0.2, 0.25) is 0 Å². The quantitative estimate of drug-likeness (QED) is 0.829. The van der Waals surface area contributed by atoms with E-state index in [4.69, 9.17) is 5.73 Å². The Balaban J connectivity index is 1.74. The predicted molar refractivity (Wildman–Crippen MR) is 76.9 cm³/mol. The first-order valence-electron chi connectivity index (χ1n) is 6.99. The third-order valence-electron chi connectivity index (χ3n) is 3.45. The predicted octanol–water partition coefficient (Wildman–Crippen LogP) is 0.295. The summed E-state index contributed by atoms with van der Waals surface area (Å²) in [5.41, 5.74) is 6.78. The molecule has 5 heteroatoms. The van der Waals surface area contributed by atoms with E-state index >= 15 is 0 Å². The number of carbonyl (C=O) groups is 2. The number of nitrogens with two attached hydrogens (primary N) is 1. The van der Waals surface area contributed by atoms with E-state index in [0.29, 0.717) is 13.0 Å². The van der Waals surface area contributed by atoms with Gasteiger partial charge in [0.15, 0.2) is 0 Å². The van der Waals surface area contributed by atoms with E-state index in [0.717, 1.165) is 24.9 Å². The van der Waals surface area contributed by atoms with E-state index < -0.39 is 0 Å². The Bertz CT molecular complexity index is 461. The van der Waals surface area contributed by atoms with E-state index in [1.807, 2.05) is 30.3 Å². The van der Waals surface area contributed by atoms with Gasteiger partial charge in [-0.1, -0.05) is 30.3 Å². The molecular formula is C15H21N3O2. The number of amides is 2. The van der Waals surface area contributed by atoms with Crippen molar-refractivity contribution in [3.8, 4) is 0 Å². The van der Waals surface area contributed by atoms with Gasteiger partial charge in [0.25, 0.3) is 0 Å². The molecule has 0 radical (unpaired) electrons. The molecule has 1 heterocycles. The van der Waals surface area contributed by atoms with Crippen molar-refractivity contribution in [2.45, 2.75) is 25.3 Å². The van der Waals surface area contributed by atoms with E-state index in [2.05, 4.69) is 5.32 Å². The molecule has 1 aromatic rings. The fourth-order valence-corrected chi connectivity index (χ4v) is 2.37. The number of hydrogen-bond acceptors (Lipinski definition) is 3. The molecule has 0 spiro atoms. The number of nitrogens with one attached hydrogen (secondary N) is 1. The molecule has 0 aromatic heterocycles. The number of benzene rings is 1. The van der Waals surface area contributed by atoms with E-state index in [9.17, 15) is 9.59 Å². The first-order valence-corrected chi connectivity index (χ1v) is 6.99. The summed E-state index contributed by atoms with van der Waals surface area (Å²) < 4.78 is 0. The SMILES string of the molecule is NC1CCCN(C(=O)CNC(=O)Cc2ccccc2)C1. The molecule has 1 unspecified atom stereocenters. The minimum Gasteiger partial charge on any atom is -0.347 e. The highest BCUT2D eigenvalue weighted by Crippen LogP contribution is 2.07. The number of likely N-dealkylation sites (tertiary alicyclic amines) is 1. The molecule has 2 amide bonds. The van der Waals surface area contributed by atoms with Crippen LogP contribution in [-0.4, -0.2) is 42.4 Å². The van der Waals surface area contributed by atoms with Crippen LogP contribution in [0, 0.1) is 0 Å². The third-order valence-corrected chi connectivity index (χ3v) is 3.45. The zero-order chi connectivity index (χ0) is 14.4. The zero-order valence-electron chi connectivity index (χ0n) is 11.5. The topological polar surface area (TPSA) is 75.4 Å². The number of piperidine rings is 1. The van der Waals surface area contributed by atoms with Crippen molar-refractivity contribution in [1.82, 2.24) is 10.2 Å². The molecule has 20 heavy (non-hydrogen) atoms. The highest BCUT2D eigenvalue weighted by atomic mass is 16.2. The van der Waals surface area contributed by atoms with Gasteiger partial charge < -0.3 is 16.0 Å². The fourth-order valence-electron chi connectivity index (χ4n) is 2.37. The number of rotatable bonds is 4. The summed E-state index contributed by atoms with van der Waals surface area (Å²) in [6.07, 6.45) is 2.20. The van der Waals surface area contributed by atoms with Crippen LogP contribution in [0.4, 0.5) is 0 Å². The maximum Gasteiger partial charge on any atom is 0.242 e. The average Bonchev–Trinajstić information content (AvgIpc) is 2.46. The third kappa shape index (κ3) is 4.35.